The second kappa shape index (κ2) is 5.28. The number of nitrogens with one attached hydrogen (secondary N) is 1. The number of nitriles is 1. The minimum atomic E-state index is -3.22. The summed E-state index contributed by atoms with van der Waals surface area (Å²) in [6.45, 7) is 0. The molecule has 0 aliphatic carbocycles. The lowest BCUT2D eigenvalue weighted by atomic mass is 10.1. The van der Waals surface area contributed by atoms with Gasteiger partial charge < -0.3 is 5.43 Å². The Balaban J connectivity index is 2.45. The van der Waals surface area contributed by atoms with Gasteiger partial charge in [0.1, 0.15) is 6.07 Å². The summed E-state index contributed by atoms with van der Waals surface area (Å²) in [5.74, 6) is 5.59. The molecule has 2 aromatic rings. The van der Waals surface area contributed by atoms with Crippen LogP contribution in [0.5, 0.6) is 0 Å². The number of hydrogen-bond acceptors (Lipinski definition) is 6. The van der Waals surface area contributed by atoms with Crippen LogP contribution in [0.4, 0.5) is 5.82 Å². The zero-order chi connectivity index (χ0) is 14.8. The topological polar surface area (TPSA) is 109 Å². The molecule has 0 atom stereocenters. The highest BCUT2D eigenvalue weighted by atomic mass is 32.2. The summed E-state index contributed by atoms with van der Waals surface area (Å²) in [5, 5.41) is 8.88. The number of pyridine rings is 1. The molecule has 0 radical (unpaired) electrons. The van der Waals surface area contributed by atoms with E-state index in [1.54, 1.807) is 24.3 Å². The van der Waals surface area contributed by atoms with Crippen LogP contribution in [0.15, 0.2) is 41.3 Å². The third-order valence-electron chi connectivity index (χ3n) is 2.73. The second-order valence-electron chi connectivity index (χ2n) is 4.15. The molecule has 0 saturated heterocycles. The molecular formula is C13H12N4O2S. The van der Waals surface area contributed by atoms with Gasteiger partial charge in [-0.15, -0.1) is 0 Å². The molecule has 20 heavy (non-hydrogen) atoms. The Morgan fingerprint density at radius 1 is 1.20 bits per heavy atom. The van der Waals surface area contributed by atoms with E-state index in [-0.39, 0.29) is 10.7 Å². The van der Waals surface area contributed by atoms with Gasteiger partial charge in [-0.1, -0.05) is 12.1 Å². The van der Waals surface area contributed by atoms with Gasteiger partial charge in [0.15, 0.2) is 15.7 Å². The fourth-order valence-electron chi connectivity index (χ4n) is 1.69. The van der Waals surface area contributed by atoms with Crippen molar-refractivity contribution in [2.24, 2.45) is 5.84 Å². The van der Waals surface area contributed by atoms with Crippen molar-refractivity contribution in [2.75, 3.05) is 11.7 Å². The molecule has 0 amide bonds. The summed E-state index contributed by atoms with van der Waals surface area (Å²) < 4.78 is 22.8. The first-order chi connectivity index (χ1) is 9.45. The number of sulfone groups is 1. The number of benzene rings is 1. The lowest BCUT2D eigenvalue weighted by Gasteiger charge is -2.06. The van der Waals surface area contributed by atoms with E-state index < -0.39 is 9.84 Å². The predicted molar refractivity (Wildman–Crippen MR) is 75.3 cm³/mol. The number of nitrogens with two attached hydrogens (primary N) is 1. The minimum absolute atomic E-state index is 0.243. The molecule has 0 unspecified atom stereocenters. The summed E-state index contributed by atoms with van der Waals surface area (Å²) in [5.41, 5.74) is 4.03. The monoisotopic (exact) mass is 288 g/mol. The van der Waals surface area contributed by atoms with Gasteiger partial charge in [-0.25, -0.2) is 19.2 Å². The van der Waals surface area contributed by atoms with Crippen LogP contribution in [-0.2, 0) is 9.84 Å². The van der Waals surface area contributed by atoms with E-state index in [0.29, 0.717) is 11.3 Å². The molecule has 1 aromatic heterocycles. The van der Waals surface area contributed by atoms with Crippen molar-refractivity contribution < 1.29 is 8.42 Å². The number of hydrazine groups is 1. The third-order valence-corrected chi connectivity index (χ3v) is 3.86. The molecule has 7 heteroatoms. The number of nitrogen functional groups attached to an aromatic ring is 1. The van der Waals surface area contributed by atoms with Crippen molar-refractivity contribution in [3.05, 3.63) is 42.0 Å². The average Bonchev–Trinajstić information content (AvgIpc) is 2.45. The zero-order valence-electron chi connectivity index (χ0n) is 10.7. The fraction of sp³-hybridized carbons (Fsp3) is 0.0769. The van der Waals surface area contributed by atoms with E-state index in [9.17, 15) is 8.42 Å². The molecule has 1 heterocycles. The Hall–Kier alpha value is -2.43. The lowest BCUT2D eigenvalue weighted by molar-refractivity contribution is 0.602. The fourth-order valence-corrected chi connectivity index (χ4v) is 2.32. The maximum atomic E-state index is 11.4. The zero-order valence-corrected chi connectivity index (χ0v) is 11.5. The van der Waals surface area contributed by atoms with Gasteiger partial charge in [-0.05, 0) is 24.3 Å². The van der Waals surface area contributed by atoms with Gasteiger partial charge in [0, 0.05) is 11.8 Å². The van der Waals surface area contributed by atoms with E-state index in [4.69, 9.17) is 11.1 Å². The van der Waals surface area contributed by atoms with Crippen molar-refractivity contribution in [3.63, 3.8) is 0 Å². The number of nitrogens with zero attached hydrogens (tertiary/aromatic N) is 2. The molecule has 0 spiro atoms. The molecule has 6 nitrogen and oxygen atoms in total. The molecular weight excluding hydrogens is 276 g/mol. The number of anilines is 1. The Kier molecular flexibility index (Phi) is 3.70. The first-order valence-electron chi connectivity index (χ1n) is 5.64. The van der Waals surface area contributed by atoms with Crippen molar-refractivity contribution in [1.82, 2.24) is 4.98 Å². The van der Waals surface area contributed by atoms with Gasteiger partial charge in [0.25, 0.3) is 0 Å². The standard InChI is InChI=1S/C13H12N4O2S/c1-20(18,19)11-5-2-9(3-6-11)12-7-4-10(8-14)13(16-12)17-15/h2-7H,15H2,1H3,(H,16,17). The molecule has 3 N–H and O–H groups in total. The van der Waals surface area contributed by atoms with Gasteiger partial charge in [-0.2, -0.15) is 5.26 Å². The Labute approximate surface area is 116 Å². The second-order valence-corrected chi connectivity index (χ2v) is 6.16. The minimum Gasteiger partial charge on any atom is -0.307 e. The van der Waals surface area contributed by atoms with Crippen LogP contribution in [0, 0.1) is 11.3 Å². The Morgan fingerprint density at radius 2 is 1.85 bits per heavy atom. The van der Waals surface area contributed by atoms with Crippen LogP contribution in [0.25, 0.3) is 11.3 Å². The van der Waals surface area contributed by atoms with Crippen LogP contribution in [0.3, 0.4) is 0 Å². The van der Waals surface area contributed by atoms with E-state index in [1.807, 2.05) is 6.07 Å². The molecule has 2 rings (SSSR count). The lowest BCUT2D eigenvalue weighted by Crippen LogP contribution is -2.10. The Morgan fingerprint density at radius 3 is 2.35 bits per heavy atom. The van der Waals surface area contributed by atoms with Crippen LogP contribution in [0.2, 0.25) is 0 Å². The highest BCUT2D eigenvalue weighted by molar-refractivity contribution is 7.90. The summed E-state index contributed by atoms with van der Waals surface area (Å²) in [7, 11) is -3.22. The van der Waals surface area contributed by atoms with Gasteiger partial charge in [0.2, 0.25) is 0 Å². The first kappa shape index (κ1) is 14.0. The smallest absolute Gasteiger partial charge is 0.175 e. The summed E-state index contributed by atoms with van der Waals surface area (Å²) >= 11 is 0. The average molecular weight is 288 g/mol. The number of hydrogen-bond donors (Lipinski definition) is 2. The van der Waals surface area contributed by atoms with Gasteiger partial charge in [0.05, 0.1) is 16.2 Å². The summed E-state index contributed by atoms with van der Waals surface area (Å²) in [4.78, 5) is 4.46. The number of aromatic nitrogens is 1. The third kappa shape index (κ3) is 2.77. The van der Waals surface area contributed by atoms with Crippen LogP contribution in [-0.4, -0.2) is 19.7 Å². The molecule has 102 valence electrons. The Bertz CT molecular complexity index is 777. The maximum absolute atomic E-state index is 11.4. The van der Waals surface area contributed by atoms with E-state index in [2.05, 4.69) is 10.4 Å². The largest absolute Gasteiger partial charge is 0.307 e. The number of rotatable bonds is 3. The van der Waals surface area contributed by atoms with Gasteiger partial charge >= 0.3 is 0 Å². The molecule has 1 aromatic carbocycles. The van der Waals surface area contributed by atoms with Crippen molar-refractivity contribution in [3.8, 4) is 17.3 Å². The normalized spacial score (nSPS) is 10.8. The van der Waals surface area contributed by atoms with Crippen molar-refractivity contribution >= 4 is 15.7 Å². The highest BCUT2D eigenvalue weighted by Gasteiger charge is 2.09. The van der Waals surface area contributed by atoms with Crippen LogP contribution >= 0.6 is 0 Å². The first-order valence-corrected chi connectivity index (χ1v) is 7.53. The van der Waals surface area contributed by atoms with Crippen LogP contribution in [0.1, 0.15) is 5.56 Å². The SMILES string of the molecule is CS(=O)(=O)c1ccc(-c2ccc(C#N)c(NN)n2)cc1. The van der Waals surface area contributed by atoms with E-state index in [0.717, 1.165) is 11.8 Å². The molecule has 0 fully saturated rings. The van der Waals surface area contributed by atoms with Gasteiger partial charge in [-0.3, -0.25) is 0 Å². The summed E-state index contributed by atoms with van der Waals surface area (Å²) in [6, 6.07) is 11.6. The van der Waals surface area contributed by atoms with Crippen molar-refractivity contribution in [2.45, 2.75) is 4.90 Å². The summed E-state index contributed by atoms with van der Waals surface area (Å²) in [6.07, 6.45) is 1.15. The quantitative estimate of drug-likeness (QED) is 0.651. The maximum Gasteiger partial charge on any atom is 0.175 e. The van der Waals surface area contributed by atoms with Crippen molar-refractivity contribution in [1.29, 1.82) is 5.26 Å². The van der Waals surface area contributed by atoms with E-state index in [1.165, 1.54) is 12.1 Å². The molecule has 0 saturated carbocycles. The molecule has 0 aliphatic rings. The predicted octanol–water partition coefficient (Wildman–Crippen LogP) is 1.31. The molecule has 0 aliphatic heterocycles. The van der Waals surface area contributed by atoms with Crippen LogP contribution < -0.4 is 11.3 Å². The highest BCUT2D eigenvalue weighted by Crippen LogP contribution is 2.22. The van der Waals surface area contributed by atoms with E-state index >= 15 is 0 Å². The molecule has 0 bridgehead atoms.